The molecule has 156 valence electrons. The molecule has 1 N–H and O–H groups in total. The number of nitrogens with zero attached hydrogens (tertiary/aromatic N) is 5. The zero-order chi connectivity index (χ0) is 21.9. The summed E-state index contributed by atoms with van der Waals surface area (Å²) in [4.78, 5) is 10.3. The predicted octanol–water partition coefficient (Wildman–Crippen LogP) is 3.47. The number of nitriles is 2. The van der Waals surface area contributed by atoms with Crippen molar-refractivity contribution in [3.63, 3.8) is 0 Å². The molecule has 1 aliphatic carbocycles. The van der Waals surface area contributed by atoms with Crippen LogP contribution >= 0.6 is 11.3 Å². The molecule has 0 radical (unpaired) electrons. The van der Waals surface area contributed by atoms with Crippen molar-refractivity contribution in [1.29, 1.82) is 10.5 Å². The number of amidine groups is 1. The Morgan fingerprint density at radius 3 is 2.60 bits per heavy atom. The molecule has 0 aliphatic heterocycles. The van der Waals surface area contributed by atoms with Crippen molar-refractivity contribution < 1.29 is 9.84 Å². The number of hydrogen-bond donors (Lipinski definition) is 1. The molecule has 0 unspecified atom stereocenters. The van der Waals surface area contributed by atoms with E-state index in [1.165, 1.54) is 18.4 Å². The molecule has 0 spiro atoms. The smallest absolute Gasteiger partial charge is 0.207 e. The van der Waals surface area contributed by atoms with Gasteiger partial charge >= 0.3 is 0 Å². The molecule has 1 fully saturated rings. The Morgan fingerprint density at radius 2 is 2.07 bits per heavy atom. The molecule has 0 atom stereocenters. The fourth-order valence-corrected chi connectivity index (χ4v) is 4.27. The third kappa shape index (κ3) is 4.62. The molecule has 1 heterocycles. The zero-order valence-electron chi connectivity index (χ0n) is 17.6. The van der Waals surface area contributed by atoms with E-state index in [1.54, 1.807) is 24.4 Å². The third-order valence-corrected chi connectivity index (χ3v) is 6.58. The second-order valence-corrected chi connectivity index (χ2v) is 9.52. The van der Waals surface area contributed by atoms with Gasteiger partial charge in [0.2, 0.25) is 6.19 Å². The van der Waals surface area contributed by atoms with Crippen LogP contribution in [0.25, 0.3) is 0 Å². The highest BCUT2D eigenvalue weighted by molar-refractivity contribution is 7.09. The lowest BCUT2D eigenvalue weighted by molar-refractivity contribution is -0.0478. The first-order valence-electron chi connectivity index (χ1n) is 9.72. The summed E-state index contributed by atoms with van der Waals surface area (Å²) in [6, 6.07) is 7.01. The normalized spacial score (nSPS) is 16.5. The number of ether oxygens (including phenoxy) is 1. The lowest BCUT2D eigenvalue weighted by Crippen LogP contribution is -2.42. The van der Waals surface area contributed by atoms with Gasteiger partial charge in [-0.3, -0.25) is 0 Å². The number of aliphatic hydroxyl groups is 1. The van der Waals surface area contributed by atoms with Crippen molar-refractivity contribution >= 4 is 17.2 Å². The van der Waals surface area contributed by atoms with Crippen LogP contribution in [0.5, 0.6) is 5.75 Å². The molecule has 30 heavy (non-hydrogen) atoms. The zero-order valence-corrected chi connectivity index (χ0v) is 18.5. The van der Waals surface area contributed by atoms with Crippen LogP contribution in [0.1, 0.15) is 56.0 Å². The first-order chi connectivity index (χ1) is 14.2. The number of aliphatic imine (C=N–C) groups is 1. The van der Waals surface area contributed by atoms with E-state index in [9.17, 15) is 15.6 Å². The van der Waals surface area contributed by atoms with Gasteiger partial charge in [-0.15, -0.1) is 11.3 Å². The fraction of sp³-hybridized carbons (Fsp3) is 0.455. The van der Waals surface area contributed by atoms with E-state index in [-0.39, 0.29) is 11.3 Å². The van der Waals surface area contributed by atoms with Crippen LogP contribution in [0, 0.1) is 22.8 Å². The molecule has 1 aliphatic rings. The van der Waals surface area contributed by atoms with Gasteiger partial charge < -0.3 is 14.4 Å². The van der Waals surface area contributed by atoms with Gasteiger partial charge in [0.05, 0.1) is 36.5 Å². The maximum atomic E-state index is 10.7. The standard InChI is InChI=1S/C22H25N5O2S/c1-21(2,3)18-12-27(13-22(28)8-5-9-22)20(30-18)26-19(25-14-24)16-10-15(11-23)6-7-17(16)29-4/h6-7,10,12,28H,5,8-9,13H2,1-4H3. The highest BCUT2D eigenvalue weighted by atomic mass is 32.1. The van der Waals surface area contributed by atoms with Crippen LogP contribution in [-0.2, 0) is 12.0 Å². The summed E-state index contributed by atoms with van der Waals surface area (Å²) in [5.41, 5.74) is 0.0753. The van der Waals surface area contributed by atoms with Crippen molar-refractivity contribution in [2.24, 2.45) is 9.98 Å². The number of hydrogen-bond acceptors (Lipinski definition) is 6. The Kier molecular flexibility index (Phi) is 6.12. The van der Waals surface area contributed by atoms with Gasteiger partial charge in [-0.2, -0.15) is 20.5 Å². The molecule has 1 saturated carbocycles. The SMILES string of the molecule is COc1ccc(C#N)cc1C(=NC#N)N=c1sc(C(C)(C)C)cn1CC1(O)CCC1. The van der Waals surface area contributed by atoms with E-state index in [1.807, 2.05) is 10.8 Å². The molecule has 0 amide bonds. The maximum Gasteiger partial charge on any atom is 0.207 e. The average molecular weight is 424 g/mol. The monoisotopic (exact) mass is 423 g/mol. The largest absolute Gasteiger partial charge is 0.496 e. The van der Waals surface area contributed by atoms with E-state index in [2.05, 4.69) is 36.8 Å². The third-order valence-electron chi connectivity index (χ3n) is 5.14. The van der Waals surface area contributed by atoms with Crippen molar-refractivity contribution in [2.75, 3.05) is 7.11 Å². The van der Waals surface area contributed by atoms with Crippen LogP contribution in [-0.4, -0.2) is 28.2 Å². The number of rotatable bonds is 4. The van der Waals surface area contributed by atoms with E-state index in [4.69, 9.17) is 4.74 Å². The first kappa shape index (κ1) is 21.8. The number of thiazole rings is 1. The molecular weight excluding hydrogens is 398 g/mol. The van der Waals surface area contributed by atoms with Gasteiger partial charge in [0, 0.05) is 11.1 Å². The Balaban J connectivity index is 2.17. The van der Waals surface area contributed by atoms with Crippen molar-refractivity contribution in [2.45, 2.75) is 57.6 Å². The van der Waals surface area contributed by atoms with E-state index >= 15 is 0 Å². The van der Waals surface area contributed by atoms with Crippen LogP contribution in [0.15, 0.2) is 34.4 Å². The fourth-order valence-electron chi connectivity index (χ4n) is 3.22. The summed E-state index contributed by atoms with van der Waals surface area (Å²) in [6.45, 7) is 6.80. The number of benzene rings is 1. The molecule has 3 rings (SSSR count). The summed E-state index contributed by atoms with van der Waals surface area (Å²) < 4.78 is 7.35. The maximum absolute atomic E-state index is 10.7. The van der Waals surface area contributed by atoms with E-state index in [0.29, 0.717) is 28.2 Å². The minimum absolute atomic E-state index is 0.0899. The van der Waals surface area contributed by atoms with Crippen LogP contribution in [0.3, 0.4) is 0 Å². The van der Waals surface area contributed by atoms with E-state index in [0.717, 1.165) is 24.1 Å². The predicted molar refractivity (Wildman–Crippen MR) is 115 cm³/mol. The molecule has 1 aromatic carbocycles. The van der Waals surface area contributed by atoms with Crippen molar-refractivity contribution in [3.8, 4) is 18.0 Å². The van der Waals surface area contributed by atoms with Gasteiger partial charge in [0.1, 0.15) is 5.75 Å². The first-order valence-corrected chi connectivity index (χ1v) is 10.5. The molecule has 0 saturated heterocycles. The molecule has 1 aromatic heterocycles. The highest BCUT2D eigenvalue weighted by Gasteiger charge is 2.35. The Labute approximate surface area is 180 Å². The van der Waals surface area contributed by atoms with Crippen molar-refractivity contribution in [3.05, 3.63) is 45.2 Å². The van der Waals surface area contributed by atoms with Crippen LogP contribution in [0.2, 0.25) is 0 Å². The molecule has 8 heteroatoms. The molecular formula is C22H25N5O2S. The van der Waals surface area contributed by atoms with Crippen LogP contribution < -0.4 is 9.54 Å². The molecule has 2 aromatic rings. The number of methoxy groups -OCH3 is 1. The second kappa shape index (κ2) is 8.43. The lowest BCUT2D eigenvalue weighted by Gasteiger charge is -2.36. The summed E-state index contributed by atoms with van der Waals surface area (Å²) in [5, 5.41) is 29.2. The molecule has 0 bridgehead atoms. The average Bonchev–Trinajstić information content (AvgIpc) is 3.08. The van der Waals surface area contributed by atoms with Gasteiger partial charge in [-0.1, -0.05) is 20.8 Å². The lowest BCUT2D eigenvalue weighted by atomic mass is 9.80. The quantitative estimate of drug-likeness (QED) is 0.461. The summed E-state index contributed by atoms with van der Waals surface area (Å²) in [5.74, 6) is 0.645. The van der Waals surface area contributed by atoms with Gasteiger partial charge in [0.15, 0.2) is 10.6 Å². The number of aromatic nitrogens is 1. The summed E-state index contributed by atoms with van der Waals surface area (Å²) >= 11 is 1.50. The van der Waals surface area contributed by atoms with Crippen molar-refractivity contribution in [1.82, 2.24) is 4.57 Å². The topological polar surface area (TPSA) is 107 Å². The van der Waals surface area contributed by atoms with Crippen LogP contribution in [0.4, 0.5) is 0 Å². The molecule has 7 nitrogen and oxygen atoms in total. The Morgan fingerprint density at radius 1 is 1.33 bits per heavy atom. The summed E-state index contributed by atoms with van der Waals surface area (Å²) in [6.07, 6.45) is 6.36. The minimum atomic E-state index is -0.726. The Bertz CT molecular complexity index is 1120. The van der Waals surface area contributed by atoms with E-state index < -0.39 is 5.60 Å². The Hall–Kier alpha value is -2.94. The van der Waals surface area contributed by atoms with Gasteiger partial charge in [-0.25, -0.2) is 0 Å². The van der Waals surface area contributed by atoms with Gasteiger partial charge in [-0.05, 0) is 42.9 Å². The summed E-state index contributed by atoms with van der Waals surface area (Å²) in [7, 11) is 1.52. The minimum Gasteiger partial charge on any atom is -0.496 e. The second-order valence-electron chi connectivity index (χ2n) is 8.51. The highest BCUT2D eigenvalue weighted by Crippen LogP contribution is 2.34. The van der Waals surface area contributed by atoms with Gasteiger partial charge in [0.25, 0.3) is 0 Å².